The summed E-state index contributed by atoms with van der Waals surface area (Å²) < 4.78 is 16.0. The van der Waals surface area contributed by atoms with E-state index in [1.54, 1.807) is 6.92 Å². The number of aromatic nitrogens is 2. The second kappa shape index (κ2) is 11.8. The lowest BCUT2D eigenvalue weighted by Gasteiger charge is -2.37. The quantitative estimate of drug-likeness (QED) is 0.442. The highest BCUT2D eigenvalue weighted by molar-refractivity contribution is 6.04. The van der Waals surface area contributed by atoms with Gasteiger partial charge in [0.25, 0.3) is 5.91 Å². The highest BCUT2D eigenvalue weighted by Gasteiger charge is 2.31. The van der Waals surface area contributed by atoms with Gasteiger partial charge in [-0.15, -0.1) is 0 Å². The number of anilines is 1. The Hall–Kier alpha value is -3.04. The fourth-order valence-electron chi connectivity index (χ4n) is 6.54. The Balaban J connectivity index is 1.39. The molecular formula is C31H42FN5O3. The molecule has 1 aromatic heterocycles. The van der Waals surface area contributed by atoms with E-state index in [1.165, 1.54) is 17.7 Å². The van der Waals surface area contributed by atoms with Crippen LogP contribution < -0.4 is 10.6 Å². The number of piperidine rings is 1. The summed E-state index contributed by atoms with van der Waals surface area (Å²) in [5.41, 5.74) is 2.75. The van der Waals surface area contributed by atoms with E-state index in [9.17, 15) is 19.1 Å². The van der Waals surface area contributed by atoms with Crippen LogP contribution in [0.1, 0.15) is 83.7 Å². The first-order chi connectivity index (χ1) is 19.1. The molecule has 1 saturated carbocycles. The van der Waals surface area contributed by atoms with Crippen LogP contribution in [0.2, 0.25) is 0 Å². The zero-order valence-electron chi connectivity index (χ0n) is 23.9. The van der Waals surface area contributed by atoms with E-state index in [0.717, 1.165) is 69.2 Å². The number of nitrogens with zero attached hydrogens (tertiary/aromatic N) is 3. The van der Waals surface area contributed by atoms with Crippen LogP contribution >= 0.6 is 0 Å². The summed E-state index contributed by atoms with van der Waals surface area (Å²) in [4.78, 5) is 32.0. The zero-order chi connectivity index (χ0) is 28.4. The van der Waals surface area contributed by atoms with Crippen molar-refractivity contribution in [2.75, 3.05) is 18.4 Å². The van der Waals surface area contributed by atoms with Crippen molar-refractivity contribution in [3.8, 4) is 0 Å². The normalized spacial score (nSPS) is 23.0. The van der Waals surface area contributed by atoms with E-state index in [2.05, 4.69) is 32.2 Å². The molecule has 2 amide bonds. The van der Waals surface area contributed by atoms with E-state index in [0.29, 0.717) is 30.3 Å². The molecule has 40 heavy (non-hydrogen) atoms. The Kier molecular flexibility index (Phi) is 8.42. The van der Waals surface area contributed by atoms with Gasteiger partial charge in [-0.3, -0.25) is 19.8 Å². The number of hydrogen-bond acceptors (Lipinski definition) is 5. The van der Waals surface area contributed by atoms with Gasteiger partial charge in [0, 0.05) is 31.1 Å². The van der Waals surface area contributed by atoms with Gasteiger partial charge < -0.3 is 15.0 Å². The molecule has 5 rings (SSSR count). The van der Waals surface area contributed by atoms with Gasteiger partial charge in [0.05, 0.1) is 16.6 Å². The van der Waals surface area contributed by atoms with Crippen molar-refractivity contribution in [2.45, 2.75) is 96.4 Å². The molecule has 0 spiro atoms. The number of hydrogen-bond donors (Lipinski definition) is 3. The Morgan fingerprint density at radius 3 is 2.50 bits per heavy atom. The highest BCUT2D eigenvalue weighted by Crippen LogP contribution is 2.36. The van der Waals surface area contributed by atoms with E-state index in [1.807, 2.05) is 19.9 Å². The maximum Gasteiger partial charge on any atom is 0.254 e. The predicted octanol–water partition coefficient (Wildman–Crippen LogP) is 5.15. The van der Waals surface area contributed by atoms with Gasteiger partial charge in [-0.1, -0.05) is 6.07 Å². The number of nitrogens with one attached hydrogen (secondary N) is 2. The number of halogens is 1. The van der Waals surface area contributed by atoms with Gasteiger partial charge in [-0.05, 0) is 114 Å². The second-order valence-electron chi connectivity index (χ2n) is 12.3. The van der Waals surface area contributed by atoms with Crippen LogP contribution in [0.5, 0.6) is 0 Å². The number of fused-ring (bicyclic) bond motifs is 1. The lowest BCUT2D eigenvalue weighted by Crippen LogP contribution is -2.41. The highest BCUT2D eigenvalue weighted by atomic mass is 19.1. The van der Waals surface area contributed by atoms with Gasteiger partial charge in [0.1, 0.15) is 5.83 Å². The Labute approximate surface area is 235 Å². The molecule has 0 radical (unpaired) electrons. The standard InChI is InChI=1S/C31H42FN5O3/c1-20(38)33-25-8-10-26(11-9-25)37-28-17-21(19-36-15-13-23(14-16-36)31(2,3)40)7-12-27(28)34-30(37)35-29(39)22-5-4-6-24(32)18-22/h6-7,12,17-18,23,25-26,40H,4-5,8-11,13-16,19H2,1-3H3,(H,33,38)(H,34,35,39). The van der Waals surface area contributed by atoms with Crippen molar-refractivity contribution in [3.05, 3.63) is 47.3 Å². The SMILES string of the molecule is CC(=O)NC1CCC(n2c(NC(=O)C3=CC(F)=CCC3)nc3ccc(CN4CCC(C(C)(C)O)CC4)cc32)CC1. The summed E-state index contributed by atoms with van der Waals surface area (Å²) >= 11 is 0. The number of carbonyl (C=O) groups is 2. The number of aliphatic hydroxyl groups is 1. The molecule has 9 heteroatoms. The fraction of sp³-hybridized carbons (Fsp3) is 0.581. The van der Waals surface area contributed by atoms with Crippen molar-refractivity contribution in [3.63, 3.8) is 0 Å². The third kappa shape index (κ3) is 6.63. The second-order valence-corrected chi connectivity index (χ2v) is 12.3. The third-order valence-electron chi connectivity index (χ3n) is 8.80. The van der Waals surface area contributed by atoms with Crippen LogP contribution in [0.15, 0.2) is 41.8 Å². The number of rotatable bonds is 7. The maximum absolute atomic E-state index is 13.9. The van der Waals surface area contributed by atoms with Crippen molar-refractivity contribution >= 4 is 28.8 Å². The molecule has 0 atom stereocenters. The van der Waals surface area contributed by atoms with E-state index in [-0.39, 0.29) is 29.7 Å². The third-order valence-corrected chi connectivity index (χ3v) is 8.80. The Morgan fingerprint density at radius 1 is 1.12 bits per heavy atom. The Morgan fingerprint density at radius 2 is 1.85 bits per heavy atom. The van der Waals surface area contributed by atoms with Crippen LogP contribution in [0, 0.1) is 5.92 Å². The summed E-state index contributed by atoms with van der Waals surface area (Å²) in [5.74, 6) is 0.0958. The van der Waals surface area contributed by atoms with Crippen LogP contribution in [0.3, 0.4) is 0 Å². The van der Waals surface area contributed by atoms with E-state index >= 15 is 0 Å². The van der Waals surface area contributed by atoms with Gasteiger partial charge in [0.2, 0.25) is 11.9 Å². The van der Waals surface area contributed by atoms with Crippen LogP contribution in [0.4, 0.5) is 10.3 Å². The van der Waals surface area contributed by atoms with Gasteiger partial charge >= 0.3 is 0 Å². The molecule has 2 aromatic rings. The summed E-state index contributed by atoms with van der Waals surface area (Å²) in [7, 11) is 0. The molecule has 0 unspecified atom stereocenters. The minimum atomic E-state index is -0.646. The topological polar surface area (TPSA) is 99.5 Å². The lowest BCUT2D eigenvalue weighted by molar-refractivity contribution is -0.120. The molecule has 2 aliphatic carbocycles. The summed E-state index contributed by atoms with van der Waals surface area (Å²) in [5, 5.41) is 16.4. The molecule has 1 saturated heterocycles. The van der Waals surface area contributed by atoms with Gasteiger partial charge in [-0.25, -0.2) is 9.37 Å². The minimum Gasteiger partial charge on any atom is -0.390 e. The van der Waals surface area contributed by atoms with Crippen molar-refractivity contribution < 1.29 is 19.1 Å². The average Bonchev–Trinajstić information content (AvgIpc) is 3.25. The van der Waals surface area contributed by atoms with Crippen molar-refractivity contribution in [1.29, 1.82) is 0 Å². The molecule has 2 heterocycles. The first kappa shape index (κ1) is 28.5. The van der Waals surface area contributed by atoms with E-state index < -0.39 is 5.60 Å². The number of amides is 2. The van der Waals surface area contributed by atoms with Gasteiger partial charge in [-0.2, -0.15) is 0 Å². The molecule has 8 nitrogen and oxygen atoms in total. The predicted molar refractivity (Wildman–Crippen MR) is 154 cm³/mol. The van der Waals surface area contributed by atoms with Crippen LogP contribution in [-0.2, 0) is 16.1 Å². The zero-order valence-corrected chi connectivity index (χ0v) is 23.9. The number of carbonyl (C=O) groups excluding carboxylic acids is 2. The molecule has 3 aliphatic rings. The number of benzene rings is 1. The number of allylic oxidation sites excluding steroid dienone is 3. The molecule has 3 N–H and O–H groups in total. The summed E-state index contributed by atoms with van der Waals surface area (Å²) in [6, 6.07) is 6.59. The largest absolute Gasteiger partial charge is 0.390 e. The number of likely N-dealkylation sites (tertiary alicyclic amines) is 1. The maximum atomic E-state index is 13.9. The van der Waals surface area contributed by atoms with Crippen LogP contribution in [-0.4, -0.2) is 56.1 Å². The average molecular weight is 552 g/mol. The molecular weight excluding hydrogens is 509 g/mol. The fourth-order valence-corrected chi connectivity index (χ4v) is 6.54. The lowest BCUT2D eigenvalue weighted by atomic mass is 9.83. The van der Waals surface area contributed by atoms with Crippen molar-refractivity contribution in [2.24, 2.45) is 5.92 Å². The van der Waals surface area contributed by atoms with Gasteiger partial charge in [0.15, 0.2) is 0 Å². The first-order valence-corrected chi connectivity index (χ1v) is 14.7. The summed E-state index contributed by atoms with van der Waals surface area (Å²) in [6.45, 7) is 8.06. The van der Waals surface area contributed by atoms with Crippen LogP contribution in [0.25, 0.3) is 11.0 Å². The molecule has 1 aliphatic heterocycles. The monoisotopic (exact) mass is 551 g/mol. The molecule has 216 valence electrons. The first-order valence-electron chi connectivity index (χ1n) is 14.7. The summed E-state index contributed by atoms with van der Waals surface area (Å²) in [6.07, 6.45) is 9.18. The minimum absolute atomic E-state index is 0.0113. The molecule has 1 aromatic carbocycles. The molecule has 2 fully saturated rings. The Bertz CT molecular complexity index is 1310. The van der Waals surface area contributed by atoms with Crippen molar-refractivity contribution in [1.82, 2.24) is 19.8 Å². The smallest absolute Gasteiger partial charge is 0.254 e. The number of imidazole rings is 1. The van der Waals surface area contributed by atoms with E-state index in [4.69, 9.17) is 4.98 Å². The molecule has 0 bridgehead atoms.